The van der Waals surface area contributed by atoms with Crippen LogP contribution in [0.25, 0.3) is 0 Å². The Morgan fingerprint density at radius 2 is 1.82 bits per heavy atom. The maximum Gasteiger partial charge on any atom is 0.259 e. The molecule has 11 heteroatoms. The Labute approximate surface area is 235 Å². The fourth-order valence-electron chi connectivity index (χ4n) is 5.34. The number of likely N-dealkylation sites (tertiary alicyclic amines) is 1. The van der Waals surface area contributed by atoms with Crippen LogP contribution in [0.3, 0.4) is 0 Å². The Morgan fingerprint density at radius 3 is 2.45 bits per heavy atom. The zero-order chi connectivity index (χ0) is 28.9. The summed E-state index contributed by atoms with van der Waals surface area (Å²) in [6, 6.07) is 4.37. The predicted octanol–water partition coefficient (Wildman–Crippen LogP) is 3.40. The molecule has 3 N–H and O–H groups in total. The molecule has 0 spiro atoms. The van der Waals surface area contributed by atoms with Gasteiger partial charge >= 0.3 is 0 Å². The number of carbonyl (C=O) groups excluding carboxylic acids is 3. The Hall–Kier alpha value is -3.21. The normalized spacial score (nSPS) is 24.6. The van der Waals surface area contributed by atoms with Gasteiger partial charge in [0.05, 0.1) is 5.25 Å². The van der Waals surface area contributed by atoms with E-state index in [4.69, 9.17) is 0 Å². The molecular formula is C29H39FN4O5S. The number of allylic oxidation sites excluding steroid dienone is 1. The third-order valence-electron chi connectivity index (χ3n) is 7.97. The molecule has 2 saturated carbocycles. The van der Waals surface area contributed by atoms with Crippen molar-refractivity contribution in [3.63, 3.8) is 0 Å². The van der Waals surface area contributed by atoms with Crippen LogP contribution in [0.2, 0.25) is 0 Å². The molecule has 3 fully saturated rings. The van der Waals surface area contributed by atoms with Crippen molar-refractivity contribution >= 4 is 33.4 Å². The third kappa shape index (κ3) is 6.92. The fraction of sp³-hybridized carbons (Fsp3) is 0.552. The van der Waals surface area contributed by atoms with Crippen molar-refractivity contribution in [2.24, 2.45) is 5.92 Å². The zero-order valence-electron chi connectivity index (χ0n) is 22.7. The van der Waals surface area contributed by atoms with Crippen molar-refractivity contribution in [2.75, 3.05) is 11.9 Å². The minimum atomic E-state index is -3.79. The summed E-state index contributed by atoms with van der Waals surface area (Å²) in [6.07, 6.45) is 9.77. The molecule has 2 aliphatic carbocycles. The van der Waals surface area contributed by atoms with Crippen LogP contribution in [-0.2, 0) is 24.4 Å². The number of nitrogens with one attached hydrogen (secondary N) is 3. The van der Waals surface area contributed by atoms with Gasteiger partial charge in [-0.2, -0.15) is 0 Å². The number of carbonyl (C=O) groups is 3. The van der Waals surface area contributed by atoms with E-state index in [0.29, 0.717) is 44.3 Å². The molecule has 0 aromatic heterocycles. The van der Waals surface area contributed by atoms with Crippen LogP contribution in [0.4, 0.5) is 10.1 Å². The molecule has 0 bridgehead atoms. The van der Waals surface area contributed by atoms with Gasteiger partial charge in [0.1, 0.15) is 23.4 Å². The van der Waals surface area contributed by atoms with Gasteiger partial charge in [-0.05, 0) is 75.6 Å². The lowest BCUT2D eigenvalue weighted by molar-refractivity contribution is -0.140. The number of benzene rings is 1. The number of unbranched alkanes of at least 4 members (excludes halogenated alkanes) is 3. The van der Waals surface area contributed by atoms with Gasteiger partial charge in [0, 0.05) is 18.2 Å². The fourth-order valence-corrected chi connectivity index (χ4v) is 6.70. The molecule has 9 nitrogen and oxygen atoms in total. The molecular weight excluding hydrogens is 535 g/mol. The highest BCUT2D eigenvalue weighted by molar-refractivity contribution is 7.91. The molecule has 1 aromatic rings. The van der Waals surface area contributed by atoms with Crippen molar-refractivity contribution in [1.82, 2.24) is 14.9 Å². The monoisotopic (exact) mass is 574 g/mol. The van der Waals surface area contributed by atoms with Crippen molar-refractivity contribution < 1.29 is 27.2 Å². The first-order valence-corrected chi connectivity index (χ1v) is 15.6. The number of amides is 3. The molecule has 1 aromatic carbocycles. The van der Waals surface area contributed by atoms with Crippen LogP contribution in [-0.4, -0.2) is 60.5 Å². The summed E-state index contributed by atoms with van der Waals surface area (Å²) in [5.41, 5.74) is -0.792. The Bertz CT molecular complexity index is 1230. The van der Waals surface area contributed by atoms with Gasteiger partial charge in [0.2, 0.25) is 21.8 Å². The summed E-state index contributed by atoms with van der Waals surface area (Å²) in [5, 5.41) is 5.43. The topological polar surface area (TPSA) is 125 Å². The molecule has 0 unspecified atom stereocenters. The van der Waals surface area contributed by atoms with Gasteiger partial charge in [-0.1, -0.05) is 25.0 Å². The molecule has 1 saturated heterocycles. The van der Waals surface area contributed by atoms with Crippen LogP contribution < -0.4 is 15.4 Å². The van der Waals surface area contributed by atoms with Crippen molar-refractivity contribution in [1.29, 1.82) is 0 Å². The second-order valence-corrected chi connectivity index (χ2v) is 13.0. The Morgan fingerprint density at radius 1 is 1.10 bits per heavy atom. The van der Waals surface area contributed by atoms with E-state index in [1.54, 1.807) is 12.1 Å². The van der Waals surface area contributed by atoms with Gasteiger partial charge in [-0.25, -0.2) is 12.8 Å². The summed E-state index contributed by atoms with van der Waals surface area (Å²) >= 11 is 0. The minimum absolute atomic E-state index is 0.239. The first-order valence-electron chi connectivity index (χ1n) is 14.1. The van der Waals surface area contributed by atoms with Crippen LogP contribution in [0.5, 0.6) is 0 Å². The lowest BCUT2D eigenvalue weighted by atomic mass is 10.0. The van der Waals surface area contributed by atoms with Gasteiger partial charge in [-0.15, -0.1) is 13.2 Å². The minimum Gasteiger partial charge on any atom is -0.374 e. The van der Waals surface area contributed by atoms with E-state index in [9.17, 15) is 27.2 Å². The number of halogens is 1. The summed E-state index contributed by atoms with van der Waals surface area (Å²) < 4.78 is 40.4. The molecule has 4 rings (SSSR count). The van der Waals surface area contributed by atoms with Gasteiger partial charge in [0.15, 0.2) is 0 Å². The van der Waals surface area contributed by atoms with E-state index in [-0.39, 0.29) is 18.1 Å². The van der Waals surface area contributed by atoms with E-state index in [2.05, 4.69) is 28.5 Å². The molecule has 0 radical (unpaired) electrons. The Kier molecular flexibility index (Phi) is 9.33. The van der Waals surface area contributed by atoms with E-state index in [1.165, 1.54) is 23.1 Å². The maximum atomic E-state index is 13.8. The second-order valence-electron chi connectivity index (χ2n) is 11.0. The molecule has 3 amide bonds. The molecule has 3 aliphatic rings. The summed E-state index contributed by atoms with van der Waals surface area (Å²) in [6.45, 7) is 7.85. The number of anilines is 1. The number of hydrogen-bond acceptors (Lipinski definition) is 6. The van der Waals surface area contributed by atoms with Gasteiger partial charge in [-0.3, -0.25) is 19.1 Å². The molecule has 1 heterocycles. The predicted molar refractivity (Wildman–Crippen MR) is 151 cm³/mol. The molecule has 40 heavy (non-hydrogen) atoms. The van der Waals surface area contributed by atoms with E-state index in [0.717, 1.165) is 25.7 Å². The summed E-state index contributed by atoms with van der Waals surface area (Å²) in [7, 11) is -3.79. The Balaban J connectivity index is 1.45. The third-order valence-corrected chi connectivity index (χ3v) is 9.79. The van der Waals surface area contributed by atoms with Crippen molar-refractivity contribution in [3.8, 4) is 0 Å². The van der Waals surface area contributed by atoms with Crippen LogP contribution in [0.1, 0.15) is 64.2 Å². The lowest BCUT2D eigenvalue weighted by Gasteiger charge is -2.30. The summed E-state index contributed by atoms with van der Waals surface area (Å²) in [4.78, 5) is 41.9. The van der Waals surface area contributed by atoms with E-state index in [1.807, 2.05) is 6.08 Å². The standard InChI is InChI=1S/C29H39FN4O5S/c1-3-5-6-7-8-10-24(31-22-14-12-21(30)13-15-22)27(36)34-18-9-11-25(34)26(35)32-29(19-20(29)4-2)28(37)33-40(38,39)23-16-17-23/h3-4,12-15,20,23-25,31H,1-2,5-11,16-19H2,(H,32,35)(H,33,37)/t20-,24+,25+,29-/m1/s1. The van der Waals surface area contributed by atoms with E-state index < -0.39 is 50.6 Å². The highest BCUT2D eigenvalue weighted by atomic mass is 32.2. The molecule has 218 valence electrons. The first-order chi connectivity index (χ1) is 19.1. The van der Waals surface area contributed by atoms with Crippen LogP contribution >= 0.6 is 0 Å². The van der Waals surface area contributed by atoms with Crippen LogP contribution in [0, 0.1) is 11.7 Å². The highest BCUT2D eigenvalue weighted by Crippen LogP contribution is 2.45. The first kappa shape index (κ1) is 29.8. The number of hydrogen-bond donors (Lipinski definition) is 3. The van der Waals surface area contributed by atoms with Crippen molar-refractivity contribution in [2.45, 2.75) is 87.1 Å². The van der Waals surface area contributed by atoms with E-state index >= 15 is 0 Å². The average molecular weight is 575 g/mol. The average Bonchev–Trinajstić information content (AvgIpc) is 3.85. The highest BCUT2D eigenvalue weighted by Gasteiger charge is 2.61. The lowest BCUT2D eigenvalue weighted by Crippen LogP contribution is -2.57. The molecule has 4 atom stereocenters. The number of sulfonamides is 1. The zero-order valence-corrected chi connectivity index (χ0v) is 23.6. The summed E-state index contributed by atoms with van der Waals surface area (Å²) in [5.74, 6) is -2.27. The number of rotatable bonds is 15. The maximum absolute atomic E-state index is 13.8. The van der Waals surface area contributed by atoms with Gasteiger partial charge in [0.25, 0.3) is 5.91 Å². The second kappa shape index (κ2) is 12.5. The smallest absolute Gasteiger partial charge is 0.259 e. The largest absolute Gasteiger partial charge is 0.374 e. The number of nitrogens with zero attached hydrogens (tertiary/aromatic N) is 1. The molecule has 1 aliphatic heterocycles. The van der Waals surface area contributed by atoms with Gasteiger partial charge < -0.3 is 15.5 Å². The SMILES string of the molecule is C=CCCCCC[C@H](Nc1ccc(F)cc1)C(=O)N1CCC[C@H]1C(=O)N[C@]1(C(=O)NS(=O)(=O)C2CC2)C[C@H]1C=C. The van der Waals surface area contributed by atoms with Crippen molar-refractivity contribution in [3.05, 3.63) is 55.4 Å². The van der Waals surface area contributed by atoms with Crippen LogP contribution in [0.15, 0.2) is 49.6 Å². The quantitative estimate of drug-likeness (QED) is 0.218.